The number of amides is 1. The Morgan fingerprint density at radius 1 is 1.42 bits per heavy atom. The van der Waals surface area contributed by atoms with Crippen LogP contribution in [0.3, 0.4) is 0 Å². The van der Waals surface area contributed by atoms with Crippen LogP contribution in [0.4, 0.5) is 4.79 Å². The minimum Gasteiger partial charge on any atom is -0.444 e. The molecule has 1 aliphatic rings. The van der Waals surface area contributed by atoms with E-state index in [1.54, 1.807) is 11.0 Å². The Kier molecular flexibility index (Phi) is 3.80. The normalized spacial score (nSPS) is 15.4. The van der Waals surface area contributed by atoms with Gasteiger partial charge in [0.2, 0.25) is 0 Å². The summed E-state index contributed by atoms with van der Waals surface area (Å²) in [5.74, 6) is 0. The van der Waals surface area contributed by atoms with Gasteiger partial charge in [-0.3, -0.25) is 0 Å². The number of carbonyl (C=O) groups is 1. The molecule has 1 aliphatic heterocycles. The molecule has 0 fully saturated rings. The number of hydrogen-bond donors (Lipinski definition) is 0. The van der Waals surface area contributed by atoms with Gasteiger partial charge in [0.15, 0.2) is 0 Å². The van der Waals surface area contributed by atoms with Gasteiger partial charge in [0, 0.05) is 6.54 Å². The van der Waals surface area contributed by atoms with Crippen molar-refractivity contribution < 1.29 is 9.53 Å². The monoisotopic (exact) mass is 280 g/mol. The standard InChI is InChI=1S/C14H17ClN2O2/c1-14(2,3)19-13(18)17-8-7-10(9-17)11-5-4-6-12(15)16-11/h4-7H,8-9H2,1-3H3. The molecule has 1 aromatic rings. The van der Waals surface area contributed by atoms with E-state index in [1.165, 1.54) is 0 Å². The van der Waals surface area contributed by atoms with E-state index in [1.807, 2.05) is 39.0 Å². The van der Waals surface area contributed by atoms with Crippen molar-refractivity contribution in [2.24, 2.45) is 0 Å². The molecule has 0 radical (unpaired) electrons. The molecule has 0 spiro atoms. The molecule has 4 nitrogen and oxygen atoms in total. The first-order valence-electron chi connectivity index (χ1n) is 6.15. The van der Waals surface area contributed by atoms with Crippen LogP contribution in [0.15, 0.2) is 24.3 Å². The van der Waals surface area contributed by atoms with Crippen LogP contribution in [0, 0.1) is 0 Å². The number of ether oxygens (including phenoxy) is 1. The number of nitrogens with zero attached hydrogens (tertiary/aromatic N) is 2. The third-order valence-electron chi connectivity index (χ3n) is 2.62. The minimum absolute atomic E-state index is 0.305. The summed E-state index contributed by atoms with van der Waals surface area (Å²) in [7, 11) is 0. The number of aromatic nitrogens is 1. The third kappa shape index (κ3) is 3.70. The highest BCUT2D eigenvalue weighted by Gasteiger charge is 2.26. The highest BCUT2D eigenvalue weighted by atomic mass is 35.5. The van der Waals surface area contributed by atoms with Gasteiger partial charge in [-0.2, -0.15) is 0 Å². The number of carbonyl (C=O) groups excluding carboxylic acids is 1. The van der Waals surface area contributed by atoms with Crippen LogP contribution in [0.1, 0.15) is 26.5 Å². The van der Waals surface area contributed by atoms with Crippen molar-refractivity contribution in [2.75, 3.05) is 13.1 Å². The molecule has 1 amide bonds. The second kappa shape index (κ2) is 5.21. The van der Waals surface area contributed by atoms with Gasteiger partial charge in [-0.25, -0.2) is 9.78 Å². The number of rotatable bonds is 1. The molecule has 0 saturated heterocycles. The summed E-state index contributed by atoms with van der Waals surface area (Å²) < 4.78 is 5.34. The van der Waals surface area contributed by atoms with E-state index in [2.05, 4.69) is 4.98 Å². The lowest BCUT2D eigenvalue weighted by Gasteiger charge is -2.24. The first kappa shape index (κ1) is 13.9. The maximum Gasteiger partial charge on any atom is 0.410 e. The van der Waals surface area contributed by atoms with Crippen LogP contribution >= 0.6 is 11.6 Å². The first-order chi connectivity index (χ1) is 8.85. The first-order valence-corrected chi connectivity index (χ1v) is 6.53. The summed E-state index contributed by atoms with van der Waals surface area (Å²) in [6.07, 6.45) is 1.67. The van der Waals surface area contributed by atoms with Crippen molar-refractivity contribution in [3.8, 4) is 0 Å². The summed E-state index contributed by atoms with van der Waals surface area (Å²) in [5, 5.41) is 0.453. The van der Waals surface area contributed by atoms with Gasteiger partial charge >= 0.3 is 6.09 Å². The van der Waals surface area contributed by atoms with Gasteiger partial charge < -0.3 is 9.64 Å². The number of pyridine rings is 1. The Hall–Kier alpha value is -1.55. The summed E-state index contributed by atoms with van der Waals surface area (Å²) >= 11 is 5.87. The summed E-state index contributed by atoms with van der Waals surface area (Å²) in [6.45, 7) is 6.61. The molecule has 0 unspecified atom stereocenters. The molecule has 0 aliphatic carbocycles. The summed E-state index contributed by atoms with van der Waals surface area (Å²) in [6, 6.07) is 5.46. The number of hydrogen-bond acceptors (Lipinski definition) is 3. The van der Waals surface area contributed by atoms with E-state index in [0.717, 1.165) is 11.3 Å². The van der Waals surface area contributed by atoms with Crippen molar-refractivity contribution in [3.63, 3.8) is 0 Å². The molecule has 1 aromatic heterocycles. The zero-order chi connectivity index (χ0) is 14.0. The predicted molar refractivity (Wildman–Crippen MR) is 75.0 cm³/mol. The van der Waals surface area contributed by atoms with E-state index in [9.17, 15) is 4.79 Å². The lowest BCUT2D eigenvalue weighted by atomic mass is 10.2. The van der Waals surface area contributed by atoms with E-state index < -0.39 is 5.60 Å². The fraction of sp³-hybridized carbons (Fsp3) is 0.429. The topological polar surface area (TPSA) is 42.4 Å². The average molecular weight is 281 g/mol. The van der Waals surface area contributed by atoms with Crippen molar-refractivity contribution in [2.45, 2.75) is 26.4 Å². The summed E-state index contributed by atoms with van der Waals surface area (Å²) in [5.41, 5.74) is 1.32. The quantitative estimate of drug-likeness (QED) is 0.741. The molecule has 2 heterocycles. The van der Waals surface area contributed by atoms with Gasteiger partial charge in [0.05, 0.1) is 12.2 Å². The molecule has 0 atom stereocenters. The lowest BCUT2D eigenvalue weighted by molar-refractivity contribution is 0.0306. The second-order valence-electron chi connectivity index (χ2n) is 5.44. The van der Waals surface area contributed by atoms with E-state index in [4.69, 9.17) is 16.3 Å². The van der Waals surface area contributed by atoms with Gasteiger partial charge in [0.25, 0.3) is 0 Å². The van der Waals surface area contributed by atoms with Crippen LogP contribution < -0.4 is 0 Å². The average Bonchev–Trinajstić information content (AvgIpc) is 2.75. The maximum atomic E-state index is 11.9. The predicted octanol–water partition coefficient (Wildman–Crippen LogP) is 3.37. The van der Waals surface area contributed by atoms with E-state index in [0.29, 0.717) is 18.2 Å². The Morgan fingerprint density at radius 2 is 2.16 bits per heavy atom. The lowest BCUT2D eigenvalue weighted by Crippen LogP contribution is -2.35. The molecule has 2 rings (SSSR count). The van der Waals surface area contributed by atoms with Crippen LogP contribution in [-0.2, 0) is 4.74 Å². The zero-order valence-electron chi connectivity index (χ0n) is 11.3. The van der Waals surface area contributed by atoms with Gasteiger partial charge in [-0.05, 0) is 38.5 Å². The Morgan fingerprint density at radius 3 is 2.79 bits per heavy atom. The molecule has 0 bridgehead atoms. The molecule has 5 heteroatoms. The highest BCUT2D eigenvalue weighted by Crippen LogP contribution is 2.22. The second-order valence-corrected chi connectivity index (χ2v) is 5.82. The minimum atomic E-state index is -0.478. The molecule has 0 aromatic carbocycles. The molecular formula is C14H17ClN2O2. The van der Waals surface area contributed by atoms with Gasteiger partial charge in [-0.1, -0.05) is 23.7 Å². The number of halogens is 1. The van der Waals surface area contributed by atoms with Crippen molar-refractivity contribution in [1.82, 2.24) is 9.88 Å². The fourth-order valence-corrected chi connectivity index (χ4v) is 1.96. The zero-order valence-corrected chi connectivity index (χ0v) is 12.1. The summed E-state index contributed by atoms with van der Waals surface area (Å²) in [4.78, 5) is 17.8. The Bertz CT molecular complexity index is 520. The highest BCUT2D eigenvalue weighted by molar-refractivity contribution is 6.29. The largest absolute Gasteiger partial charge is 0.444 e. The van der Waals surface area contributed by atoms with Crippen LogP contribution in [0.5, 0.6) is 0 Å². The van der Waals surface area contributed by atoms with Crippen LogP contribution in [-0.4, -0.2) is 34.7 Å². The Labute approximate surface area is 118 Å². The Balaban J connectivity index is 2.01. The van der Waals surface area contributed by atoms with Gasteiger partial charge in [-0.15, -0.1) is 0 Å². The maximum absolute atomic E-state index is 11.9. The van der Waals surface area contributed by atoms with E-state index in [-0.39, 0.29) is 6.09 Å². The van der Waals surface area contributed by atoms with Crippen LogP contribution in [0.2, 0.25) is 5.15 Å². The van der Waals surface area contributed by atoms with Crippen molar-refractivity contribution in [3.05, 3.63) is 35.1 Å². The molecule has 102 valence electrons. The fourth-order valence-electron chi connectivity index (χ4n) is 1.79. The van der Waals surface area contributed by atoms with Crippen molar-refractivity contribution in [1.29, 1.82) is 0 Å². The van der Waals surface area contributed by atoms with Crippen molar-refractivity contribution >= 4 is 23.3 Å². The smallest absolute Gasteiger partial charge is 0.410 e. The third-order valence-corrected chi connectivity index (χ3v) is 2.83. The van der Waals surface area contributed by atoms with E-state index >= 15 is 0 Å². The van der Waals surface area contributed by atoms with Crippen LogP contribution in [0.25, 0.3) is 5.57 Å². The molecular weight excluding hydrogens is 264 g/mol. The molecule has 0 N–H and O–H groups in total. The molecule has 19 heavy (non-hydrogen) atoms. The molecule has 0 saturated carbocycles. The SMILES string of the molecule is CC(C)(C)OC(=O)N1CC=C(c2cccc(Cl)n2)C1. The van der Waals surface area contributed by atoms with Gasteiger partial charge in [0.1, 0.15) is 10.8 Å².